The number of pyridine rings is 1. The van der Waals surface area contributed by atoms with Crippen LogP contribution in [0.1, 0.15) is 21.5 Å². The molecule has 0 saturated heterocycles. The fourth-order valence-electron chi connectivity index (χ4n) is 1.52. The van der Waals surface area contributed by atoms with Gasteiger partial charge in [0, 0.05) is 12.4 Å². The molecule has 5 nitrogen and oxygen atoms in total. The van der Waals surface area contributed by atoms with E-state index in [1.807, 2.05) is 6.07 Å². The second kappa shape index (κ2) is 6.16. The van der Waals surface area contributed by atoms with Crippen LogP contribution in [0.4, 0.5) is 0 Å². The van der Waals surface area contributed by atoms with Gasteiger partial charge in [0.2, 0.25) is 0 Å². The Morgan fingerprint density at radius 1 is 1.15 bits per heavy atom. The summed E-state index contributed by atoms with van der Waals surface area (Å²) >= 11 is 0. The van der Waals surface area contributed by atoms with Gasteiger partial charge in [0.05, 0.1) is 22.9 Å². The maximum absolute atomic E-state index is 11.8. The van der Waals surface area contributed by atoms with Crippen molar-refractivity contribution in [1.82, 2.24) is 15.8 Å². The van der Waals surface area contributed by atoms with Gasteiger partial charge < -0.3 is 0 Å². The molecule has 5 heteroatoms. The Morgan fingerprint density at radius 3 is 2.50 bits per heavy atom. The molecule has 1 aromatic carbocycles. The molecule has 2 aromatic rings. The Balaban J connectivity index is 1.95. The first-order valence-corrected chi connectivity index (χ1v) is 5.86. The predicted molar refractivity (Wildman–Crippen MR) is 75.0 cm³/mol. The Morgan fingerprint density at radius 2 is 1.90 bits per heavy atom. The lowest BCUT2D eigenvalue weighted by molar-refractivity contribution is 0.0942. The van der Waals surface area contributed by atoms with Crippen molar-refractivity contribution < 1.29 is 4.79 Å². The number of carbonyl (C=O) groups is 1. The number of rotatable bonds is 4. The van der Waals surface area contributed by atoms with Crippen molar-refractivity contribution in [2.24, 2.45) is 0 Å². The minimum absolute atomic E-state index is 0.298. The van der Waals surface area contributed by atoms with E-state index in [2.05, 4.69) is 22.4 Å². The molecular weight excluding hydrogens is 252 g/mol. The molecular formula is C15H12N4O. The maximum atomic E-state index is 11.8. The van der Waals surface area contributed by atoms with Gasteiger partial charge in [-0.25, -0.2) is 0 Å². The van der Waals surface area contributed by atoms with Gasteiger partial charge in [0.15, 0.2) is 0 Å². The van der Waals surface area contributed by atoms with Crippen LogP contribution in [0.5, 0.6) is 0 Å². The van der Waals surface area contributed by atoms with Crippen molar-refractivity contribution >= 4 is 11.6 Å². The molecule has 2 rings (SSSR count). The molecule has 0 bridgehead atoms. The highest BCUT2D eigenvalue weighted by molar-refractivity contribution is 5.94. The molecule has 2 N–H and O–H groups in total. The summed E-state index contributed by atoms with van der Waals surface area (Å²) in [7, 11) is 0. The number of carbonyl (C=O) groups excluding carboxylic acids is 1. The fraction of sp³-hybridized carbons (Fsp3) is 0. The van der Waals surface area contributed by atoms with Gasteiger partial charge in [-0.15, -0.1) is 0 Å². The largest absolute Gasteiger partial charge is 0.298 e. The van der Waals surface area contributed by atoms with Gasteiger partial charge in [0.25, 0.3) is 5.91 Å². The van der Waals surface area contributed by atoms with Crippen molar-refractivity contribution in [3.8, 4) is 6.07 Å². The van der Waals surface area contributed by atoms with Crippen LogP contribution in [-0.4, -0.2) is 10.9 Å². The third-order valence-electron chi connectivity index (χ3n) is 2.61. The zero-order valence-corrected chi connectivity index (χ0v) is 10.6. The molecule has 0 unspecified atom stereocenters. The van der Waals surface area contributed by atoms with Gasteiger partial charge in [-0.1, -0.05) is 18.7 Å². The highest BCUT2D eigenvalue weighted by Gasteiger charge is 2.05. The van der Waals surface area contributed by atoms with E-state index in [1.165, 1.54) is 6.20 Å². The minimum Gasteiger partial charge on any atom is -0.298 e. The summed E-state index contributed by atoms with van der Waals surface area (Å²) in [5.74, 6) is -0.298. The summed E-state index contributed by atoms with van der Waals surface area (Å²) in [6.45, 7) is 3.82. The van der Waals surface area contributed by atoms with Crippen LogP contribution in [0.2, 0.25) is 0 Å². The lowest BCUT2D eigenvalue weighted by atomic mass is 10.1. The van der Waals surface area contributed by atoms with E-state index in [4.69, 9.17) is 5.26 Å². The van der Waals surface area contributed by atoms with Crippen molar-refractivity contribution in [3.63, 3.8) is 0 Å². The lowest BCUT2D eigenvalue weighted by Gasteiger charge is -2.11. The smallest absolute Gasteiger partial charge is 0.271 e. The number of nitrogens with one attached hydrogen (secondary N) is 2. The van der Waals surface area contributed by atoms with Crippen LogP contribution in [-0.2, 0) is 0 Å². The average Bonchev–Trinajstić information content (AvgIpc) is 2.53. The molecule has 0 saturated carbocycles. The summed E-state index contributed by atoms with van der Waals surface area (Å²) in [4.78, 5) is 15.7. The van der Waals surface area contributed by atoms with Gasteiger partial charge in [-0.2, -0.15) is 5.26 Å². The number of hydrogen-bond acceptors (Lipinski definition) is 4. The van der Waals surface area contributed by atoms with E-state index in [9.17, 15) is 4.79 Å². The van der Waals surface area contributed by atoms with Crippen molar-refractivity contribution in [3.05, 3.63) is 72.1 Å². The van der Waals surface area contributed by atoms with Crippen LogP contribution < -0.4 is 10.9 Å². The van der Waals surface area contributed by atoms with Crippen LogP contribution in [0, 0.1) is 11.3 Å². The van der Waals surface area contributed by atoms with E-state index >= 15 is 0 Å². The zero-order valence-electron chi connectivity index (χ0n) is 10.6. The van der Waals surface area contributed by atoms with E-state index < -0.39 is 0 Å². The molecule has 1 aromatic heterocycles. The van der Waals surface area contributed by atoms with Crippen LogP contribution in [0.25, 0.3) is 5.70 Å². The molecule has 98 valence electrons. The highest BCUT2D eigenvalue weighted by Crippen LogP contribution is 2.09. The van der Waals surface area contributed by atoms with E-state index in [0.29, 0.717) is 16.8 Å². The third-order valence-corrected chi connectivity index (χ3v) is 2.61. The number of nitriles is 1. The fourth-order valence-corrected chi connectivity index (χ4v) is 1.52. The Labute approximate surface area is 116 Å². The zero-order chi connectivity index (χ0) is 14.4. The molecule has 0 spiro atoms. The summed E-state index contributed by atoms with van der Waals surface area (Å²) in [6.07, 6.45) is 3.07. The van der Waals surface area contributed by atoms with Crippen LogP contribution in [0.15, 0.2) is 55.4 Å². The number of benzene rings is 1. The molecule has 1 heterocycles. The maximum Gasteiger partial charge on any atom is 0.271 e. The molecule has 0 aliphatic heterocycles. The summed E-state index contributed by atoms with van der Waals surface area (Å²) in [5.41, 5.74) is 7.61. The summed E-state index contributed by atoms with van der Waals surface area (Å²) in [5, 5.41) is 8.72. The molecule has 0 atom stereocenters. The molecule has 0 fully saturated rings. The number of aromatic nitrogens is 1. The van der Waals surface area contributed by atoms with E-state index in [0.717, 1.165) is 5.56 Å². The van der Waals surface area contributed by atoms with Gasteiger partial charge in [-0.05, 0) is 29.8 Å². The van der Waals surface area contributed by atoms with Crippen molar-refractivity contribution in [2.45, 2.75) is 0 Å². The average molecular weight is 264 g/mol. The highest BCUT2D eigenvalue weighted by atomic mass is 16.2. The quantitative estimate of drug-likeness (QED) is 0.826. The standard InChI is InChI=1S/C15H12N4O/c1-11(13-6-4-12(9-16)5-7-13)18-19-15(20)14-3-2-8-17-10-14/h2-8,10,18H,1H2,(H,19,20). The topological polar surface area (TPSA) is 77.8 Å². The molecule has 0 aliphatic rings. The van der Waals surface area contributed by atoms with E-state index in [-0.39, 0.29) is 5.91 Å². The molecule has 20 heavy (non-hydrogen) atoms. The minimum atomic E-state index is -0.298. The van der Waals surface area contributed by atoms with E-state index in [1.54, 1.807) is 42.6 Å². The monoisotopic (exact) mass is 264 g/mol. The SMILES string of the molecule is C=C(NNC(=O)c1cccnc1)c1ccc(C#N)cc1. The van der Waals surface area contributed by atoms with Crippen LogP contribution in [0.3, 0.4) is 0 Å². The third kappa shape index (κ3) is 3.21. The van der Waals surface area contributed by atoms with Gasteiger partial charge >= 0.3 is 0 Å². The van der Waals surface area contributed by atoms with Gasteiger partial charge in [0.1, 0.15) is 0 Å². The molecule has 0 aliphatic carbocycles. The first-order valence-electron chi connectivity index (χ1n) is 5.86. The molecule has 0 radical (unpaired) electrons. The first kappa shape index (κ1) is 13.3. The van der Waals surface area contributed by atoms with Gasteiger partial charge in [-0.3, -0.25) is 20.6 Å². The predicted octanol–water partition coefficient (Wildman–Crippen LogP) is 1.86. The normalized spacial score (nSPS) is 9.35. The lowest BCUT2D eigenvalue weighted by Crippen LogP contribution is -2.35. The van der Waals surface area contributed by atoms with Crippen molar-refractivity contribution in [2.75, 3.05) is 0 Å². The number of hydrogen-bond donors (Lipinski definition) is 2. The Hall–Kier alpha value is -3.13. The number of amides is 1. The number of nitrogens with zero attached hydrogens (tertiary/aromatic N) is 2. The Kier molecular flexibility index (Phi) is 4.10. The second-order valence-corrected chi connectivity index (χ2v) is 3.99. The molecule has 1 amide bonds. The Bertz CT molecular complexity index is 657. The van der Waals surface area contributed by atoms with Crippen molar-refractivity contribution in [1.29, 1.82) is 5.26 Å². The summed E-state index contributed by atoms with van der Waals surface area (Å²) in [6, 6.07) is 12.3. The summed E-state index contributed by atoms with van der Waals surface area (Å²) < 4.78 is 0. The first-order chi connectivity index (χ1) is 9.70. The second-order valence-electron chi connectivity index (χ2n) is 3.99. The van der Waals surface area contributed by atoms with Crippen LogP contribution >= 0.6 is 0 Å². The number of hydrazine groups is 1.